The van der Waals surface area contributed by atoms with Crippen LogP contribution in [0.3, 0.4) is 0 Å². The molecule has 4 aromatic rings. The number of benzene rings is 2. The monoisotopic (exact) mass is 528 g/mol. The molecule has 0 unspecified atom stereocenters. The quantitative estimate of drug-likeness (QED) is 0.390. The molecule has 0 atom stereocenters. The molecule has 1 fully saturated rings. The van der Waals surface area contributed by atoms with Crippen molar-refractivity contribution >= 4 is 23.3 Å². The maximum absolute atomic E-state index is 14.8. The van der Waals surface area contributed by atoms with E-state index in [4.69, 9.17) is 4.74 Å². The Kier molecular flexibility index (Phi) is 7.30. The number of anilines is 2. The number of carbonyl (C=O) groups is 2. The summed E-state index contributed by atoms with van der Waals surface area (Å²) in [5.41, 5.74) is 1.70. The van der Waals surface area contributed by atoms with Gasteiger partial charge in [0.05, 0.1) is 13.3 Å². The van der Waals surface area contributed by atoms with Crippen molar-refractivity contribution in [2.75, 3.05) is 43.5 Å². The molecule has 3 heterocycles. The van der Waals surface area contributed by atoms with Gasteiger partial charge in [0.15, 0.2) is 11.5 Å². The molecule has 1 aliphatic heterocycles. The first kappa shape index (κ1) is 25.6. The van der Waals surface area contributed by atoms with Crippen molar-refractivity contribution in [3.8, 4) is 22.6 Å². The number of aromatic nitrogens is 3. The lowest BCUT2D eigenvalue weighted by Crippen LogP contribution is -2.49. The number of amides is 2. The Morgan fingerprint density at radius 2 is 1.72 bits per heavy atom. The third kappa shape index (κ3) is 5.77. The third-order valence-corrected chi connectivity index (χ3v) is 6.37. The van der Waals surface area contributed by atoms with Gasteiger partial charge in [0.25, 0.3) is 11.8 Å². The lowest BCUT2D eigenvalue weighted by atomic mass is 10.0. The Balaban J connectivity index is 1.17. The van der Waals surface area contributed by atoms with Gasteiger partial charge in [0, 0.05) is 54.8 Å². The van der Waals surface area contributed by atoms with Crippen LogP contribution < -0.4 is 15.0 Å². The zero-order chi connectivity index (χ0) is 27.4. The van der Waals surface area contributed by atoms with Crippen LogP contribution >= 0.6 is 0 Å². The fourth-order valence-electron chi connectivity index (χ4n) is 4.26. The summed E-state index contributed by atoms with van der Waals surface area (Å²) in [6, 6.07) is 16.0. The number of ether oxygens (including phenoxy) is 1. The van der Waals surface area contributed by atoms with E-state index < -0.39 is 5.82 Å². The molecule has 10 nitrogen and oxygen atoms in total. The number of hydrogen-bond acceptors (Lipinski definition) is 8. The largest absolute Gasteiger partial charge is 0.506 e. The van der Waals surface area contributed by atoms with Crippen molar-refractivity contribution in [1.82, 2.24) is 20.1 Å². The zero-order valence-corrected chi connectivity index (χ0v) is 21.0. The second-order valence-corrected chi connectivity index (χ2v) is 8.87. The number of hydrogen-bond donors (Lipinski definition) is 2. The highest BCUT2D eigenvalue weighted by atomic mass is 19.1. The Morgan fingerprint density at radius 1 is 0.949 bits per heavy atom. The minimum Gasteiger partial charge on any atom is -0.506 e. The molecule has 1 aliphatic rings. The second-order valence-electron chi connectivity index (χ2n) is 8.87. The molecule has 2 N–H and O–H groups in total. The van der Waals surface area contributed by atoms with Gasteiger partial charge in [0.2, 0.25) is 0 Å². The summed E-state index contributed by atoms with van der Waals surface area (Å²) in [6.07, 6.45) is 2.71. The Bertz CT molecular complexity index is 1490. The predicted octanol–water partition coefficient (Wildman–Crippen LogP) is 3.61. The van der Waals surface area contributed by atoms with Gasteiger partial charge in [-0.1, -0.05) is 6.07 Å². The fraction of sp³-hybridized carbons (Fsp3) is 0.179. The molecule has 0 radical (unpaired) electrons. The first-order valence-electron chi connectivity index (χ1n) is 12.2. The number of aromatic hydroxyl groups is 1. The number of pyridine rings is 1. The topological polar surface area (TPSA) is 121 Å². The highest BCUT2D eigenvalue weighted by Gasteiger charge is 2.24. The number of carbonyl (C=O) groups excluding carboxylic acids is 2. The SMILES string of the molecule is COc1ccc(NC(=O)c2ccc(N3CCN(C(=O)c4ccc(-c5cncc(O)c5)c(F)c4)CC3)nn2)cc1. The number of rotatable bonds is 6. The number of methoxy groups -OCH3 is 1. The molecular formula is C28H25FN6O4. The van der Waals surface area contributed by atoms with E-state index >= 15 is 0 Å². The van der Waals surface area contributed by atoms with Crippen LogP contribution in [0, 0.1) is 5.82 Å². The van der Waals surface area contributed by atoms with Crippen molar-refractivity contribution < 1.29 is 23.8 Å². The fourth-order valence-corrected chi connectivity index (χ4v) is 4.26. The molecule has 198 valence electrons. The van der Waals surface area contributed by atoms with Crippen LogP contribution in [0.2, 0.25) is 0 Å². The van der Waals surface area contributed by atoms with Crippen molar-refractivity contribution in [2.24, 2.45) is 0 Å². The van der Waals surface area contributed by atoms with Gasteiger partial charge in [-0.15, -0.1) is 10.2 Å². The van der Waals surface area contributed by atoms with Crippen LogP contribution in [-0.2, 0) is 0 Å². The minimum absolute atomic E-state index is 0.0684. The van der Waals surface area contributed by atoms with E-state index in [-0.39, 0.29) is 34.4 Å². The van der Waals surface area contributed by atoms with Gasteiger partial charge in [-0.25, -0.2) is 4.39 Å². The average Bonchev–Trinajstić information content (AvgIpc) is 2.97. The highest BCUT2D eigenvalue weighted by Crippen LogP contribution is 2.26. The molecule has 1 saturated heterocycles. The van der Waals surface area contributed by atoms with Gasteiger partial charge in [-0.3, -0.25) is 14.6 Å². The van der Waals surface area contributed by atoms with E-state index in [0.717, 1.165) is 0 Å². The van der Waals surface area contributed by atoms with Gasteiger partial charge >= 0.3 is 0 Å². The summed E-state index contributed by atoms with van der Waals surface area (Å²) < 4.78 is 19.9. The Morgan fingerprint density at radius 3 is 2.36 bits per heavy atom. The van der Waals surface area contributed by atoms with Crippen LogP contribution in [0.5, 0.6) is 11.5 Å². The minimum atomic E-state index is -0.571. The molecule has 11 heteroatoms. The standard InChI is InChI=1S/C28H25FN6O4/c1-39-22-5-3-20(4-6-22)31-27(37)25-8-9-26(33-32-25)34-10-12-35(13-11-34)28(38)18-2-7-23(24(29)15-18)19-14-21(36)17-30-16-19/h2-9,14-17,36H,10-13H2,1H3,(H,31,37). The lowest BCUT2D eigenvalue weighted by Gasteiger charge is -2.35. The van der Waals surface area contributed by atoms with Crippen molar-refractivity contribution in [3.63, 3.8) is 0 Å². The number of piperazine rings is 1. The van der Waals surface area contributed by atoms with Gasteiger partial charge in [-0.2, -0.15) is 0 Å². The predicted molar refractivity (Wildman–Crippen MR) is 142 cm³/mol. The summed E-state index contributed by atoms with van der Waals surface area (Å²) in [4.78, 5) is 33.0. The van der Waals surface area contributed by atoms with Gasteiger partial charge in [-0.05, 0) is 54.6 Å². The first-order valence-corrected chi connectivity index (χ1v) is 12.2. The summed E-state index contributed by atoms with van der Waals surface area (Å²) >= 11 is 0. The molecule has 5 rings (SSSR count). The second kappa shape index (κ2) is 11.1. The Hall–Kier alpha value is -5.06. The number of halogens is 1. The lowest BCUT2D eigenvalue weighted by molar-refractivity contribution is 0.0745. The molecule has 0 saturated carbocycles. The summed E-state index contributed by atoms with van der Waals surface area (Å²) in [7, 11) is 1.57. The van der Waals surface area contributed by atoms with Crippen LogP contribution in [-0.4, -0.2) is 70.3 Å². The molecule has 2 amide bonds. The van der Waals surface area contributed by atoms with Crippen LogP contribution in [0.25, 0.3) is 11.1 Å². The van der Waals surface area contributed by atoms with Crippen LogP contribution in [0.1, 0.15) is 20.8 Å². The summed E-state index contributed by atoms with van der Waals surface area (Å²) in [6.45, 7) is 1.85. The first-order chi connectivity index (χ1) is 18.9. The van der Waals surface area contributed by atoms with Crippen molar-refractivity contribution in [1.29, 1.82) is 0 Å². The average molecular weight is 529 g/mol. The zero-order valence-electron chi connectivity index (χ0n) is 21.0. The normalized spacial score (nSPS) is 13.2. The van der Waals surface area contributed by atoms with Crippen LogP contribution in [0.15, 0.2) is 73.1 Å². The van der Waals surface area contributed by atoms with E-state index in [1.807, 2.05) is 4.90 Å². The van der Waals surface area contributed by atoms with E-state index in [1.54, 1.807) is 54.5 Å². The Labute approximate surface area is 223 Å². The molecule has 0 bridgehead atoms. The third-order valence-electron chi connectivity index (χ3n) is 6.37. The van der Waals surface area contributed by atoms with E-state index in [1.165, 1.54) is 30.6 Å². The van der Waals surface area contributed by atoms with E-state index in [9.17, 15) is 19.1 Å². The summed E-state index contributed by atoms with van der Waals surface area (Å²) in [5.74, 6) is -0.0108. The highest BCUT2D eigenvalue weighted by molar-refractivity contribution is 6.02. The molecule has 0 spiro atoms. The molecule has 39 heavy (non-hydrogen) atoms. The molecule has 2 aromatic heterocycles. The van der Waals surface area contributed by atoms with Crippen molar-refractivity contribution in [2.45, 2.75) is 0 Å². The maximum atomic E-state index is 14.8. The maximum Gasteiger partial charge on any atom is 0.276 e. The van der Waals surface area contributed by atoms with Crippen LogP contribution in [0.4, 0.5) is 15.9 Å². The summed E-state index contributed by atoms with van der Waals surface area (Å²) in [5, 5.41) is 20.6. The smallest absolute Gasteiger partial charge is 0.276 e. The van der Waals surface area contributed by atoms with E-state index in [2.05, 4.69) is 20.5 Å². The molecular weight excluding hydrogens is 503 g/mol. The number of nitrogens with one attached hydrogen (secondary N) is 1. The van der Waals surface area contributed by atoms with E-state index in [0.29, 0.717) is 49.0 Å². The van der Waals surface area contributed by atoms with Gasteiger partial charge < -0.3 is 25.0 Å². The van der Waals surface area contributed by atoms with Crippen molar-refractivity contribution in [3.05, 3.63) is 90.1 Å². The molecule has 2 aromatic carbocycles. The number of nitrogens with zero attached hydrogens (tertiary/aromatic N) is 5. The molecule has 0 aliphatic carbocycles. The van der Waals surface area contributed by atoms with Gasteiger partial charge in [0.1, 0.15) is 17.3 Å².